The lowest BCUT2D eigenvalue weighted by molar-refractivity contribution is -0.385. The fourth-order valence-corrected chi connectivity index (χ4v) is 2.93. The highest BCUT2D eigenvalue weighted by Gasteiger charge is 2.49. The van der Waals surface area contributed by atoms with Crippen molar-refractivity contribution in [3.05, 3.63) is 28.4 Å². The Morgan fingerprint density at radius 2 is 2.12 bits per heavy atom. The van der Waals surface area contributed by atoms with Gasteiger partial charge in [-0.25, -0.2) is 9.78 Å². The molecule has 1 aliphatic heterocycles. The van der Waals surface area contributed by atoms with Crippen molar-refractivity contribution in [1.29, 1.82) is 0 Å². The summed E-state index contributed by atoms with van der Waals surface area (Å²) in [4.78, 5) is 28.5. The van der Waals surface area contributed by atoms with Crippen LogP contribution in [0.25, 0.3) is 0 Å². The molecule has 9 nitrogen and oxygen atoms in total. The summed E-state index contributed by atoms with van der Waals surface area (Å²) in [7, 11) is 0. The second-order valence-electron chi connectivity index (χ2n) is 7.73. The summed E-state index contributed by atoms with van der Waals surface area (Å²) in [6.07, 6.45) is 0.519. The van der Waals surface area contributed by atoms with Gasteiger partial charge in [0.15, 0.2) is 0 Å². The quantitative estimate of drug-likeness (QED) is 0.644. The Morgan fingerprint density at radius 3 is 2.62 bits per heavy atom. The first kappa shape index (κ1) is 19.9. The molecule has 2 rings (SSSR count). The third-order valence-corrected chi connectivity index (χ3v) is 3.97. The number of nitrogens with one attached hydrogen (secondary N) is 1. The van der Waals surface area contributed by atoms with Gasteiger partial charge in [0.1, 0.15) is 23.3 Å². The van der Waals surface area contributed by atoms with Crippen molar-refractivity contribution in [2.75, 3.05) is 11.9 Å². The van der Waals surface area contributed by atoms with Gasteiger partial charge in [-0.1, -0.05) is 0 Å². The van der Waals surface area contributed by atoms with E-state index in [0.29, 0.717) is 12.4 Å². The molecule has 1 aromatic heterocycles. The Kier molecular flexibility index (Phi) is 5.41. The van der Waals surface area contributed by atoms with Gasteiger partial charge in [-0.15, -0.1) is 0 Å². The smallest absolute Gasteiger partial charge is 0.412 e. The topological polar surface area (TPSA) is 107 Å². The fraction of sp³-hybridized carbons (Fsp3) is 0.647. The minimum absolute atomic E-state index is 0.0790. The van der Waals surface area contributed by atoms with Crippen molar-refractivity contribution in [2.24, 2.45) is 0 Å². The van der Waals surface area contributed by atoms with Gasteiger partial charge in [-0.2, -0.15) is 0 Å². The molecular formula is C17H26N4O5. The number of aromatic nitrogens is 1. The maximum atomic E-state index is 12.7. The van der Waals surface area contributed by atoms with Gasteiger partial charge in [0.05, 0.1) is 17.1 Å². The van der Waals surface area contributed by atoms with E-state index in [-0.39, 0.29) is 17.8 Å². The second kappa shape index (κ2) is 7.06. The molecule has 1 N–H and O–H groups in total. The average Bonchev–Trinajstić information content (AvgIpc) is 2.72. The molecule has 1 aromatic rings. The van der Waals surface area contributed by atoms with Crippen LogP contribution in [-0.2, 0) is 9.47 Å². The molecule has 1 aliphatic rings. The van der Waals surface area contributed by atoms with E-state index in [4.69, 9.17) is 9.47 Å². The first-order valence-corrected chi connectivity index (χ1v) is 8.45. The van der Waals surface area contributed by atoms with E-state index in [1.54, 1.807) is 4.90 Å². The maximum Gasteiger partial charge on any atom is 0.412 e. The van der Waals surface area contributed by atoms with Crippen LogP contribution in [0.2, 0.25) is 0 Å². The fourth-order valence-electron chi connectivity index (χ4n) is 2.93. The number of amides is 1. The van der Waals surface area contributed by atoms with E-state index >= 15 is 0 Å². The predicted molar refractivity (Wildman–Crippen MR) is 95.9 cm³/mol. The third kappa shape index (κ3) is 4.60. The molecule has 0 aliphatic carbocycles. The Balaban J connectivity index is 2.11. The molecule has 1 amide bonds. The van der Waals surface area contributed by atoms with Crippen LogP contribution in [0.1, 0.15) is 41.5 Å². The van der Waals surface area contributed by atoms with Crippen molar-refractivity contribution in [3.8, 4) is 0 Å². The molecule has 2 heterocycles. The van der Waals surface area contributed by atoms with Gasteiger partial charge >= 0.3 is 6.09 Å². The standard InChI is InChI=1S/C17H26N4O5/c1-11-13(10-19-14-8-7-12(9-18-14)21(23)24)20(17(5,6)25-11)15(22)26-16(2,3)4/h7-9,11,13H,10H2,1-6H3,(H,18,19). The lowest BCUT2D eigenvalue weighted by Crippen LogP contribution is -2.52. The summed E-state index contributed by atoms with van der Waals surface area (Å²) in [6, 6.07) is 2.62. The molecule has 0 saturated carbocycles. The first-order valence-electron chi connectivity index (χ1n) is 8.45. The second-order valence-corrected chi connectivity index (χ2v) is 7.73. The highest BCUT2D eigenvalue weighted by Crippen LogP contribution is 2.33. The van der Waals surface area contributed by atoms with Gasteiger partial charge in [0, 0.05) is 12.6 Å². The number of rotatable bonds is 4. The molecule has 144 valence electrons. The number of carbonyl (C=O) groups is 1. The summed E-state index contributed by atoms with van der Waals surface area (Å²) >= 11 is 0. The van der Waals surface area contributed by atoms with E-state index in [9.17, 15) is 14.9 Å². The number of pyridine rings is 1. The summed E-state index contributed by atoms with van der Waals surface area (Å²) in [5, 5.41) is 13.8. The number of carbonyl (C=O) groups excluding carboxylic acids is 1. The van der Waals surface area contributed by atoms with Crippen LogP contribution < -0.4 is 5.32 Å². The van der Waals surface area contributed by atoms with Crippen molar-refractivity contribution >= 4 is 17.6 Å². The molecule has 1 fully saturated rings. The number of ether oxygens (including phenoxy) is 2. The predicted octanol–water partition coefficient (Wildman–Crippen LogP) is 3.16. The Labute approximate surface area is 152 Å². The molecule has 0 spiro atoms. The molecule has 0 radical (unpaired) electrons. The van der Waals surface area contributed by atoms with Gasteiger partial charge in [0.2, 0.25) is 0 Å². The zero-order valence-corrected chi connectivity index (χ0v) is 16.0. The van der Waals surface area contributed by atoms with Crippen LogP contribution in [-0.4, -0.2) is 50.9 Å². The highest BCUT2D eigenvalue weighted by atomic mass is 16.6. The number of hydrogen-bond donors (Lipinski definition) is 1. The van der Waals surface area contributed by atoms with Gasteiger partial charge in [-0.05, 0) is 47.6 Å². The van der Waals surface area contributed by atoms with E-state index < -0.39 is 22.3 Å². The summed E-state index contributed by atoms with van der Waals surface area (Å²) in [6.45, 7) is 11.3. The van der Waals surface area contributed by atoms with E-state index in [1.807, 2.05) is 41.5 Å². The zero-order chi connectivity index (χ0) is 19.7. The van der Waals surface area contributed by atoms with Crippen molar-refractivity contribution in [2.45, 2.75) is 65.0 Å². The van der Waals surface area contributed by atoms with Gasteiger partial charge in [-0.3, -0.25) is 15.0 Å². The lowest BCUT2D eigenvalue weighted by atomic mass is 10.1. The van der Waals surface area contributed by atoms with Crippen LogP contribution in [0.4, 0.5) is 16.3 Å². The largest absolute Gasteiger partial charge is 0.444 e. The van der Waals surface area contributed by atoms with E-state index in [0.717, 1.165) is 0 Å². The van der Waals surface area contributed by atoms with Crippen LogP contribution in [0.15, 0.2) is 18.3 Å². The van der Waals surface area contributed by atoms with Crippen molar-refractivity contribution in [3.63, 3.8) is 0 Å². The molecule has 2 unspecified atom stereocenters. The zero-order valence-electron chi connectivity index (χ0n) is 16.0. The Morgan fingerprint density at radius 1 is 1.46 bits per heavy atom. The third-order valence-electron chi connectivity index (χ3n) is 3.97. The average molecular weight is 366 g/mol. The molecule has 9 heteroatoms. The van der Waals surface area contributed by atoms with E-state index in [1.165, 1.54) is 18.3 Å². The molecular weight excluding hydrogens is 340 g/mol. The van der Waals surface area contributed by atoms with Gasteiger partial charge in [0.25, 0.3) is 5.69 Å². The van der Waals surface area contributed by atoms with E-state index in [2.05, 4.69) is 10.3 Å². The summed E-state index contributed by atoms with van der Waals surface area (Å²) in [5.41, 5.74) is -1.50. The minimum Gasteiger partial charge on any atom is -0.444 e. The lowest BCUT2D eigenvalue weighted by Gasteiger charge is -2.35. The van der Waals surface area contributed by atoms with Crippen molar-refractivity contribution in [1.82, 2.24) is 9.88 Å². The maximum absolute atomic E-state index is 12.7. The minimum atomic E-state index is -0.809. The Bertz CT molecular complexity index is 669. The number of anilines is 1. The molecule has 0 bridgehead atoms. The Hall–Kier alpha value is -2.42. The molecule has 0 aromatic carbocycles. The summed E-state index contributed by atoms with van der Waals surface area (Å²) in [5.74, 6) is 0.483. The van der Waals surface area contributed by atoms with Crippen molar-refractivity contribution < 1.29 is 19.2 Å². The van der Waals surface area contributed by atoms with Gasteiger partial charge < -0.3 is 14.8 Å². The highest BCUT2D eigenvalue weighted by molar-refractivity contribution is 5.70. The van der Waals surface area contributed by atoms with Crippen LogP contribution in [0.5, 0.6) is 0 Å². The number of hydrogen-bond acceptors (Lipinski definition) is 7. The monoisotopic (exact) mass is 366 g/mol. The number of nitrogens with zero attached hydrogens (tertiary/aromatic N) is 3. The first-order chi connectivity index (χ1) is 11.9. The summed E-state index contributed by atoms with van der Waals surface area (Å²) < 4.78 is 11.4. The van der Waals surface area contributed by atoms with Crippen LogP contribution >= 0.6 is 0 Å². The molecule has 26 heavy (non-hydrogen) atoms. The van der Waals surface area contributed by atoms with Crippen LogP contribution in [0.3, 0.4) is 0 Å². The van der Waals surface area contributed by atoms with Crippen LogP contribution in [0, 0.1) is 10.1 Å². The normalized spacial score (nSPS) is 22.2. The molecule has 2 atom stereocenters. The molecule has 1 saturated heterocycles. The SMILES string of the molecule is CC1OC(C)(C)N(C(=O)OC(C)(C)C)C1CNc1ccc([N+](=O)[O-])cn1. The number of nitro groups is 1.